The van der Waals surface area contributed by atoms with E-state index in [1.807, 2.05) is 52.0 Å². The molecular weight excluding hydrogens is 458 g/mol. The van der Waals surface area contributed by atoms with E-state index in [0.717, 1.165) is 32.8 Å². The number of carbonyl (C=O) groups excluding carboxylic acids is 2. The van der Waals surface area contributed by atoms with Crippen molar-refractivity contribution < 1.29 is 19.1 Å². The quantitative estimate of drug-likeness (QED) is 0.308. The number of anilines is 1. The molecule has 0 saturated heterocycles. The number of benzene rings is 1. The highest BCUT2D eigenvalue weighted by Crippen LogP contribution is 2.33. The summed E-state index contributed by atoms with van der Waals surface area (Å²) in [4.78, 5) is 34.8. The van der Waals surface area contributed by atoms with Crippen LogP contribution in [0.5, 0.6) is 5.75 Å². The number of aromatic nitrogens is 2. The SMILES string of the molecule is CCC(Sc1cc(C)c2cccc(OC)c2n1)C(=O)Nc1nc(C)c(C(=O)OCC(C)C)s1. The van der Waals surface area contributed by atoms with E-state index in [9.17, 15) is 9.59 Å². The fourth-order valence-electron chi connectivity index (χ4n) is 3.19. The number of hydrogen-bond donors (Lipinski definition) is 1. The van der Waals surface area contributed by atoms with Gasteiger partial charge in [-0.15, -0.1) is 0 Å². The number of amides is 1. The number of thioether (sulfide) groups is 1. The number of ether oxygens (including phenoxy) is 2. The molecule has 1 unspecified atom stereocenters. The van der Waals surface area contributed by atoms with E-state index >= 15 is 0 Å². The Bertz CT molecular complexity index is 1160. The Kier molecular flexibility index (Phi) is 8.31. The van der Waals surface area contributed by atoms with Crippen molar-refractivity contribution in [3.8, 4) is 5.75 Å². The lowest BCUT2D eigenvalue weighted by Crippen LogP contribution is -2.24. The average molecular weight is 488 g/mol. The van der Waals surface area contributed by atoms with E-state index in [-0.39, 0.29) is 17.1 Å². The first-order valence-electron chi connectivity index (χ1n) is 10.8. The van der Waals surface area contributed by atoms with Gasteiger partial charge in [0.1, 0.15) is 16.1 Å². The van der Waals surface area contributed by atoms with Crippen molar-refractivity contribution in [2.45, 2.75) is 51.3 Å². The van der Waals surface area contributed by atoms with Gasteiger partial charge in [-0.2, -0.15) is 0 Å². The number of thiazole rings is 1. The molecule has 2 aromatic heterocycles. The zero-order valence-electron chi connectivity index (χ0n) is 19.7. The third kappa shape index (κ3) is 6.03. The van der Waals surface area contributed by atoms with Crippen LogP contribution in [0.4, 0.5) is 5.13 Å². The number of fused-ring (bicyclic) bond motifs is 1. The Morgan fingerprint density at radius 3 is 2.64 bits per heavy atom. The van der Waals surface area contributed by atoms with Crippen LogP contribution >= 0.6 is 23.1 Å². The third-order valence-corrected chi connectivity index (χ3v) is 7.23. The highest BCUT2D eigenvalue weighted by Gasteiger charge is 2.23. The van der Waals surface area contributed by atoms with Gasteiger partial charge >= 0.3 is 5.97 Å². The van der Waals surface area contributed by atoms with Crippen LogP contribution in [0.25, 0.3) is 10.9 Å². The Labute approximate surface area is 202 Å². The fourth-order valence-corrected chi connectivity index (χ4v) is 5.06. The van der Waals surface area contributed by atoms with Crippen LogP contribution in [0.1, 0.15) is 48.1 Å². The number of nitrogens with one attached hydrogen (secondary N) is 1. The van der Waals surface area contributed by atoms with Crippen molar-refractivity contribution in [1.29, 1.82) is 0 Å². The zero-order chi connectivity index (χ0) is 24.1. The van der Waals surface area contributed by atoms with E-state index in [0.29, 0.717) is 34.5 Å². The average Bonchev–Trinajstić information content (AvgIpc) is 3.15. The summed E-state index contributed by atoms with van der Waals surface area (Å²) in [5, 5.41) is 4.64. The molecule has 0 saturated carbocycles. The van der Waals surface area contributed by atoms with Gasteiger partial charge in [0.25, 0.3) is 0 Å². The highest BCUT2D eigenvalue weighted by molar-refractivity contribution is 8.00. The minimum atomic E-state index is -0.412. The maximum absolute atomic E-state index is 13.0. The number of nitrogens with zero attached hydrogens (tertiary/aromatic N) is 2. The van der Waals surface area contributed by atoms with Crippen LogP contribution in [0, 0.1) is 19.8 Å². The molecule has 0 spiro atoms. The molecule has 1 amide bonds. The maximum Gasteiger partial charge on any atom is 0.350 e. The molecule has 33 heavy (non-hydrogen) atoms. The van der Waals surface area contributed by atoms with Gasteiger partial charge < -0.3 is 14.8 Å². The first kappa shape index (κ1) is 25.0. The predicted molar refractivity (Wildman–Crippen MR) is 134 cm³/mol. The molecule has 1 N–H and O–H groups in total. The van der Waals surface area contributed by atoms with Crippen LogP contribution < -0.4 is 10.1 Å². The van der Waals surface area contributed by atoms with E-state index in [1.165, 1.54) is 11.8 Å². The molecule has 1 aromatic carbocycles. The van der Waals surface area contributed by atoms with Gasteiger partial charge in [0.05, 0.1) is 29.7 Å². The predicted octanol–water partition coefficient (Wildman–Crippen LogP) is 5.64. The Balaban J connectivity index is 1.75. The summed E-state index contributed by atoms with van der Waals surface area (Å²) in [5.74, 6) is 0.352. The molecule has 0 bridgehead atoms. The molecule has 3 aromatic rings. The molecule has 176 valence electrons. The number of hydrogen-bond acceptors (Lipinski definition) is 8. The number of aryl methyl sites for hydroxylation is 2. The lowest BCUT2D eigenvalue weighted by Gasteiger charge is -2.15. The standard InChI is InChI=1S/C24H29N3O4S2/c1-7-18(32-19-11-14(4)16-9-8-10-17(30-6)20(16)26-19)22(28)27-24-25-15(5)21(33-24)23(29)31-12-13(2)3/h8-11,13,18H,7,12H2,1-6H3,(H,25,27,28). The lowest BCUT2D eigenvalue weighted by atomic mass is 10.1. The van der Waals surface area contributed by atoms with Crippen molar-refractivity contribution in [1.82, 2.24) is 9.97 Å². The molecule has 2 heterocycles. The molecular formula is C24H29N3O4S2. The molecule has 0 aliphatic carbocycles. The van der Waals surface area contributed by atoms with Crippen LogP contribution in [0.3, 0.4) is 0 Å². The Hall–Kier alpha value is -2.65. The number of rotatable bonds is 9. The number of methoxy groups -OCH3 is 1. The van der Waals surface area contributed by atoms with Gasteiger partial charge in [-0.25, -0.2) is 14.8 Å². The second-order valence-electron chi connectivity index (χ2n) is 8.06. The summed E-state index contributed by atoms with van der Waals surface area (Å²) in [6.45, 7) is 10.0. The minimum absolute atomic E-state index is 0.182. The van der Waals surface area contributed by atoms with Crippen LogP contribution in [-0.4, -0.2) is 40.8 Å². The summed E-state index contributed by atoms with van der Waals surface area (Å²) < 4.78 is 10.8. The topological polar surface area (TPSA) is 90.4 Å². The summed E-state index contributed by atoms with van der Waals surface area (Å²) in [6.07, 6.45) is 0.606. The van der Waals surface area contributed by atoms with Crippen molar-refractivity contribution in [2.24, 2.45) is 5.92 Å². The van der Waals surface area contributed by atoms with Crippen LogP contribution in [0.15, 0.2) is 29.3 Å². The maximum atomic E-state index is 13.0. The molecule has 0 aliphatic heterocycles. The molecule has 0 fully saturated rings. The third-order valence-electron chi connectivity index (χ3n) is 4.89. The first-order chi connectivity index (χ1) is 15.7. The second-order valence-corrected chi connectivity index (χ2v) is 10.3. The number of pyridine rings is 1. The van der Waals surface area contributed by atoms with Gasteiger partial charge in [0, 0.05) is 5.39 Å². The van der Waals surface area contributed by atoms with E-state index in [2.05, 4.69) is 10.3 Å². The summed E-state index contributed by atoms with van der Waals surface area (Å²) in [5.41, 5.74) is 2.39. The van der Waals surface area contributed by atoms with Crippen molar-refractivity contribution in [2.75, 3.05) is 19.0 Å². The van der Waals surface area contributed by atoms with E-state index in [4.69, 9.17) is 14.5 Å². The largest absolute Gasteiger partial charge is 0.494 e. The summed E-state index contributed by atoms with van der Waals surface area (Å²) in [6, 6.07) is 7.81. The van der Waals surface area contributed by atoms with Gasteiger partial charge in [-0.1, -0.05) is 56.0 Å². The number of carbonyl (C=O) groups is 2. The van der Waals surface area contributed by atoms with Crippen molar-refractivity contribution in [3.63, 3.8) is 0 Å². The van der Waals surface area contributed by atoms with Gasteiger partial charge in [-0.3, -0.25) is 4.79 Å². The lowest BCUT2D eigenvalue weighted by molar-refractivity contribution is -0.115. The first-order valence-corrected chi connectivity index (χ1v) is 12.5. The van der Waals surface area contributed by atoms with Gasteiger partial charge in [0.2, 0.25) is 5.91 Å². The van der Waals surface area contributed by atoms with Crippen molar-refractivity contribution >= 4 is 51.0 Å². The molecule has 0 aliphatic rings. The normalized spacial score (nSPS) is 12.1. The van der Waals surface area contributed by atoms with Crippen LogP contribution in [-0.2, 0) is 9.53 Å². The highest BCUT2D eigenvalue weighted by atomic mass is 32.2. The molecule has 1 atom stereocenters. The second kappa shape index (κ2) is 11.0. The van der Waals surface area contributed by atoms with E-state index in [1.54, 1.807) is 14.0 Å². The van der Waals surface area contributed by atoms with Gasteiger partial charge in [0.15, 0.2) is 5.13 Å². The van der Waals surface area contributed by atoms with E-state index < -0.39 is 5.97 Å². The monoisotopic (exact) mass is 487 g/mol. The zero-order valence-corrected chi connectivity index (χ0v) is 21.4. The molecule has 3 rings (SSSR count). The molecule has 9 heteroatoms. The molecule has 7 nitrogen and oxygen atoms in total. The van der Waals surface area contributed by atoms with Gasteiger partial charge in [-0.05, 0) is 43.9 Å². The summed E-state index contributed by atoms with van der Waals surface area (Å²) in [7, 11) is 1.62. The van der Waals surface area contributed by atoms with Crippen LogP contribution in [0.2, 0.25) is 0 Å². The Morgan fingerprint density at radius 2 is 1.97 bits per heavy atom. The van der Waals surface area contributed by atoms with Crippen molar-refractivity contribution in [3.05, 3.63) is 40.4 Å². The minimum Gasteiger partial charge on any atom is -0.494 e. The smallest absolute Gasteiger partial charge is 0.350 e. The number of esters is 1. The number of para-hydroxylation sites is 1. The fraction of sp³-hybridized carbons (Fsp3) is 0.417. The summed E-state index contributed by atoms with van der Waals surface area (Å²) >= 11 is 2.53. The Morgan fingerprint density at radius 1 is 1.21 bits per heavy atom. The molecule has 0 radical (unpaired) electrons.